The van der Waals surface area contributed by atoms with Crippen LogP contribution >= 0.6 is 15.9 Å². The summed E-state index contributed by atoms with van der Waals surface area (Å²) in [6.07, 6.45) is 7.50. The highest BCUT2D eigenvalue weighted by molar-refractivity contribution is 9.09. The lowest BCUT2D eigenvalue weighted by atomic mass is 9.71. The summed E-state index contributed by atoms with van der Waals surface area (Å²) >= 11 is 3.92. The van der Waals surface area contributed by atoms with Crippen LogP contribution < -0.4 is 5.32 Å². The molecule has 1 aliphatic carbocycles. The summed E-state index contributed by atoms with van der Waals surface area (Å²) in [6, 6.07) is 6.45. The van der Waals surface area contributed by atoms with Crippen molar-refractivity contribution in [1.29, 1.82) is 0 Å². The number of benzene rings is 1. The van der Waals surface area contributed by atoms with Crippen LogP contribution in [0.1, 0.15) is 65.3 Å². The van der Waals surface area contributed by atoms with Gasteiger partial charge in [0.1, 0.15) is 0 Å². The number of fused-ring (bicyclic) bond motifs is 1. The van der Waals surface area contributed by atoms with Crippen molar-refractivity contribution in [3.8, 4) is 0 Å². The predicted octanol–water partition coefficient (Wildman–Crippen LogP) is 4.38. The molecule has 1 aliphatic heterocycles. The van der Waals surface area contributed by atoms with Crippen LogP contribution in [-0.4, -0.2) is 12.5 Å². The highest BCUT2D eigenvalue weighted by atomic mass is 79.9. The fourth-order valence-electron chi connectivity index (χ4n) is 3.60. The molecule has 1 unspecified atom stereocenters. The Kier molecular flexibility index (Phi) is 3.89. The number of hydrogen-bond donors (Lipinski definition) is 1. The Hall–Kier alpha value is -0.830. The molecule has 1 aromatic carbocycles. The standard InChI is InChI=1S/C17H22BrNO/c1-17(8-3-2-4-9-17)15(18)13-6-5-12-7-10-19-16(20)14(12)11-13/h5-6,11,15H,2-4,7-10H2,1H3,(H,19,20). The van der Waals surface area contributed by atoms with Crippen LogP contribution in [0.5, 0.6) is 0 Å². The molecule has 1 fully saturated rings. The summed E-state index contributed by atoms with van der Waals surface area (Å²) in [4.78, 5) is 12.3. The van der Waals surface area contributed by atoms with Gasteiger partial charge in [-0.2, -0.15) is 0 Å². The van der Waals surface area contributed by atoms with E-state index in [9.17, 15) is 4.79 Å². The smallest absolute Gasteiger partial charge is 0.251 e. The molecule has 1 aromatic rings. The molecule has 2 nitrogen and oxygen atoms in total. The van der Waals surface area contributed by atoms with Gasteiger partial charge in [-0.05, 0) is 41.9 Å². The van der Waals surface area contributed by atoms with Crippen molar-refractivity contribution in [3.63, 3.8) is 0 Å². The first-order valence-corrected chi connectivity index (χ1v) is 8.57. The van der Waals surface area contributed by atoms with E-state index in [1.807, 2.05) is 0 Å². The largest absolute Gasteiger partial charge is 0.352 e. The van der Waals surface area contributed by atoms with Gasteiger partial charge in [-0.25, -0.2) is 0 Å². The van der Waals surface area contributed by atoms with Gasteiger partial charge in [0.25, 0.3) is 5.91 Å². The monoisotopic (exact) mass is 335 g/mol. The van der Waals surface area contributed by atoms with E-state index in [0.29, 0.717) is 10.2 Å². The second-order valence-corrected chi connectivity index (χ2v) is 7.42. The summed E-state index contributed by atoms with van der Waals surface area (Å²) in [5, 5.41) is 2.94. The summed E-state index contributed by atoms with van der Waals surface area (Å²) in [5.74, 6) is 0.0848. The molecule has 1 N–H and O–H groups in total. The van der Waals surface area contributed by atoms with Crippen molar-refractivity contribution >= 4 is 21.8 Å². The van der Waals surface area contributed by atoms with Gasteiger partial charge in [0.05, 0.1) is 0 Å². The van der Waals surface area contributed by atoms with Gasteiger partial charge in [0.15, 0.2) is 0 Å². The molecular weight excluding hydrogens is 314 g/mol. The van der Waals surface area contributed by atoms with Crippen LogP contribution in [0.2, 0.25) is 0 Å². The second kappa shape index (κ2) is 5.51. The van der Waals surface area contributed by atoms with E-state index in [2.05, 4.69) is 46.4 Å². The Labute approximate surface area is 129 Å². The van der Waals surface area contributed by atoms with Crippen LogP contribution in [-0.2, 0) is 6.42 Å². The molecule has 1 saturated carbocycles. The Morgan fingerprint density at radius 1 is 1.25 bits per heavy atom. The highest BCUT2D eigenvalue weighted by Crippen LogP contribution is 2.50. The minimum atomic E-state index is 0.0848. The Morgan fingerprint density at radius 3 is 2.75 bits per heavy atom. The zero-order valence-electron chi connectivity index (χ0n) is 12.0. The van der Waals surface area contributed by atoms with Gasteiger partial charge >= 0.3 is 0 Å². The van der Waals surface area contributed by atoms with Gasteiger partial charge < -0.3 is 5.32 Å². The lowest BCUT2D eigenvalue weighted by molar-refractivity contribution is 0.0945. The Bertz CT molecular complexity index is 520. The van der Waals surface area contributed by atoms with E-state index in [1.54, 1.807) is 0 Å². The van der Waals surface area contributed by atoms with Crippen LogP contribution in [0.25, 0.3) is 0 Å². The Morgan fingerprint density at radius 2 is 2.00 bits per heavy atom. The molecule has 2 aliphatic rings. The maximum absolute atomic E-state index is 12.0. The van der Waals surface area contributed by atoms with Crippen molar-refractivity contribution in [1.82, 2.24) is 5.32 Å². The number of carbonyl (C=O) groups excluding carboxylic acids is 1. The third-order valence-electron chi connectivity index (χ3n) is 4.96. The summed E-state index contributed by atoms with van der Waals surface area (Å²) in [7, 11) is 0. The minimum Gasteiger partial charge on any atom is -0.352 e. The average molecular weight is 336 g/mol. The summed E-state index contributed by atoms with van der Waals surface area (Å²) in [5.41, 5.74) is 3.63. The molecule has 0 saturated heterocycles. The van der Waals surface area contributed by atoms with Crippen molar-refractivity contribution in [2.45, 2.75) is 50.3 Å². The van der Waals surface area contributed by atoms with Crippen LogP contribution in [0, 0.1) is 5.41 Å². The number of hydrogen-bond acceptors (Lipinski definition) is 1. The van der Waals surface area contributed by atoms with Crippen LogP contribution in [0.4, 0.5) is 0 Å². The second-order valence-electron chi connectivity index (χ2n) is 6.50. The van der Waals surface area contributed by atoms with Gasteiger partial charge in [-0.3, -0.25) is 4.79 Å². The highest BCUT2D eigenvalue weighted by Gasteiger charge is 2.35. The first-order chi connectivity index (χ1) is 9.60. The van der Waals surface area contributed by atoms with E-state index in [-0.39, 0.29) is 5.91 Å². The first-order valence-electron chi connectivity index (χ1n) is 7.65. The number of carbonyl (C=O) groups is 1. The van der Waals surface area contributed by atoms with Gasteiger partial charge in [-0.1, -0.05) is 54.2 Å². The fraction of sp³-hybridized carbons (Fsp3) is 0.588. The molecule has 0 spiro atoms. The van der Waals surface area contributed by atoms with E-state index in [0.717, 1.165) is 18.5 Å². The van der Waals surface area contributed by atoms with Crippen LogP contribution in [0.15, 0.2) is 18.2 Å². The Balaban J connectivity index is 1.90. The first kappa shape index (κ1) is 14.1. The number of rotatable bonds is 2. The third kappa shape index (κ3) is 2.52. The van der Waals surface area contributed by atoms with Gasteiger partial charge in [0.2, 0.25) is 0 Å². The summed E-state index contributed by atoms with van der Waals surface area (Å²) in [6.45, 7) is 3.14. The maximum Gasteiger partial charge on any atom is 0.251 e. The quantitative estimate of drug-likeness (QED) is 0.798. The molecular formula is C17H22BrNO. The lowest BCUT2D eigenvalue weighted by Crippen LogP contribution is -2.32. The molecule has 0 aromatic heterocycles. The molecule has 0 radical (unpaired) electrons. The maximum atomic E-state index is 12.0. The molecule has 1 heterocycles. The minimum absolute atomic E-state index is 0.0848. The van der Waals surface area contributed by atoms with Crippen molar-refractivity contribution in [3.05, 3.63) is 34.9 Å². The fourth-order valence-corrected chi connectivity index (χ4v) is 4.34. The zero-order chi connectivity index (χ0) is 14.2. The molecule has 1 amide bonds. The van der Waals surface area contributed by atoms with Crippen molar-refractivity contribution in [2.24, 2.45) is 5.41 Å². The number of nitrogens with one attached hydrogen (secondary N) is 1. The van der Waals surface area contributed by atoms with E-state index >= 15 is 0 Å². The number of halogens is 1. The van der Waals surface area contributed by atoms with Gasteiger partial charge in [-0.15, -0.1) is 0 Å². The molecule has 3 heteroatoms. The average Bonchev–Trinajstić information content (AvgIpc) is 2.47. The zero-order valence-corrected chi connectivity index (χ0v) is 13.6. The molecule has 108 valence electrons. The molecule has 0 bridgehead atoms. The van der Waals surface area contributed by atoms with Gasteiger partial charge in [0, 0.05) is 16.9 Å². The lowest BCUT2D eigenvalue weighted by Gasteiger charge is -2.38. The van der Waals surface area contributed by atoms with Crippen LogP contribution in [0.3, 0.4) is 0 Å². The molecule has 20 heavy (non-hydrogen) atoms. The topological polar surface area (TPSA) is 29.1 Å². The van der Waals surface area contributed by atoms with E-state index in [4.69, 9.17) is 0 Å². The normalized spacial score (nSPS) is 22.8. The number of alkyl halides is 1. The van der Waals surface area contributed by atoms with E-state index in [1.165, 1.54) is 43.2 Å². The predicted molar refractivity (Wildman–Crippen MR) is 85.3 cm³/mol. The molecule has 1 atom stereocenters. The SMILES string of the molecule is CC1(C(Br)c2ccc3c(c2)C(=O)NCC3)CCCCC1. The third-order valence-corrected chi connectivity index (χ3v) is 6.59. The van der Waals surface area contributed by atoms with E-state index < -0.39 is 0 Å². The molecule has 3 rings (SSSR count). The van der Waals surface area contributed by atoms with Crippen molar-refractivity contribution in [2.75, 3.05) is 6.54 Å². The number of amides is 1. The van der Waals surface area contributed by atoms with Crippen molar-refractivity contribution < 1.29 is 4.79 Å². The summed E-state index contributed by atoms with van der Waals surface area (Å²) < 4.78 is 0.